The van der Waals surface area contributed by atoms with Crippen LogP contribution in [0.4, 0.5) is 0 Å². The van der Waals surface area contributed by atoms with Crippen LogP contribution in [0.2, 0.25) is 0 Å². The van der Waals surface area contributed by atoms with Crippen molar-refractivity contribution in [2.24, 2.45) is 22.9 Å². The van der Waals surface area contributed by atoms with Gasteiger partial charge in [-0.05, 0) is 13.8 Å². The Morgan fingerprint density at radius 1 is 0.727 bits per heavy atom. The van der Waals surface area contributed by atoms with E-state index >= 15 is 0 Å². The lowest BCUT2D eigenvalue weighted by Gasteiger charge is -1.90. The summed E-state index contributed by atoms with van der Waals surface area (Å²) in [5.41, 5.74) is 18.8. The molecule has 0 aromatic rings. The first-order valence-corrected chi connectivity index (χ1v) is 5.63. The van der Waals surface area contributed by atoms with Gasteiger partial charge in [-0.3, -0.25) is 19.2 Å². The summed E-state index contributed by atoms with van der Waals surface area (Å²) in [4.78, 5) is 37.6. The van der Waals surface area contributed by atoms with Crippen LogP contribution in [0.3, 0.4) is 0 Å². The third-order valence-corrected chi connectivity index (χ3v) is 1.13. The van der Waals surface area contributed by atoms with E-state index in [0.29, 0.717) is 0 Å². The molecule has 0 aromatic heterocycles. The number of rotatable bonds is 4. The fraction of sp³-hybridized carbons (Fsp3) is 0.600. The minimum Gasteiger partial charge on any atom is -0.480 e. The van der Waals surface area contributed by atoms with Gasteiger partial charge in [0.15, 0.2) is 0 Å². The molecule has 0 spiro atoms. The van der Waals surface area contributed by atoms with E-state index in [1.54, 1.807) is 0 Å². The third kappa shape index (κ3) is 52.4. The number of hydrogen-bond donors (Lipinski definition) is 8. The van der Waals surface area contributed by atoms with Crippen LogP contribution in [0, 0.1) is 0 Å². The SMILES string of the molecule is C[C@H](N)C(=O)O.C[C@H](N)C(=O)O.NCC(=O)O.NCC(=O)O. The molecule has 132 valence electrons. The number of carboxylic acids is 4. The van der Waals surface area contributed by atoms with Crippen LogP contribution in [0.25, 0.3) is 0 Å². The van der Waals surface area contributed by atoms with Gasteiger partial charge in [-0.1, -0.05) is 0 Å². The third-order valence-electron chi connectivity index (χ3n) is 1.13. The minimum absolute atomic E-state index is 0.278. The normalized spacial score (nSPS) is 10.8. The molecule has 0 aliphatic carbocycles. The average Bonchev–Trinajstić information content (AvgIpc) is 2.40. The van der Waals surface area contributed by atoms with Gasteiger partial charge >= 0.3 is 23.9 Å². The molecule has 0 heterocycles. The highest BCUT2D eigenvalue weighted by atomic mass is 16.4. The first-order chi connectivity index (χ1) is 9.83. The molecule has 12 heteroatoms. The molecule has 22 heavy (non-hydrogen) atoms. The summed E-state index contributed by atoms with van der Waals surface area (Å²) in [6.45, 7) is 2.28. The standard InChI is InChI=1S/2C3H7NO2.2C2H5NO2/c2*1-2(4)3(5)6;2*3-1-2(4)5/h2*2H,4H2,1H3,(H,5,6);2*1,3H2,(H,4,5)/t2*2-;;/m00../s1. The van der Waals surface area contributed by atoms with Crippen molar-refractivity contribution in [2.45, 2.75) is 25.9 Å². The lowest BCUT2D eigenvalue weighted by Crippen LogP contribution is -2.25. The molecule has 0 bridgehead atoms. The van der Waals surface area contributed by atoms with Crippen LogP contribution in [0.15, 0.2) is 0 Å². The molecule has 0 amide bonds. The second kappa shape index (κ2) is 18.7. The second-order valence-electron chi connectivity index (χ2n) is 3.45. The van der Waals surface area contributed by atoms with E-state index in [1.165, 1.54) is 13.8 Å². The number of carboxylic acid groups (broad SMARTS) is 4. The Hall–Kier alpha value is -2.28. The monoisotopic (exact) mass is 328 g/mol. The number of carbonyl (C=O) groups is 4. The van der Waals surface area contributed by atoms with Crippen molar-refractivity contribution in [1.82, 2.24) is 0 Å². The molecule has 12 N–H and O–H groups in total. The predicted octanol–water partition coefficient (Wildman–Crippen LogP) is -3.10. The number of aliphatic carboxylic acids is 4. The van der Waals surface area contributed by atoms with Gasteiger partial charge in [-0.15, -0.1) is 0 Å². The predicted molar refractivity (Wildman–Crippen MR) is 76.0 cm³/mol. The van der Waals surface area contributed by atoms with E-state index in [-0.39, 0.29) is 13.1 Å². The van der Waals surface area contributed by atoms with Crippen molar-refractivity contribution in [3.05, 3.63) is 0 Å². The van der Waals surface area contributed by atoms with E-state index in [2.05, 4.69) is 11.5 Å². The summed E-state index contributed by atoms with van der Waals surface area (Å²) < 4.78 is 0. The summed E-state index contributed by atoms with van der Waals surface area (Å²) >= 11 is 0. The van der Waals surface area contributed by atoms with Gasteiger partial charge < -0.3 is 43.4 Å². The highest BCUT2D eigenvalue weighted by Crippen LogP contribution is 1.68. The maximum atomic E-state index is 9.57. The zero-order valence-corrected chi connectivity index (χ0v) is 12.3. The zero-order chi connectivity index (χ0) is 18.9. The highest BCUT2D eigenvalue weighted by molar-refractivity contribution is 5.72. The summed E-state index contributed by atoms with van der Waals surface area (Å²) in [7, 11) is 0. The lowest BCUT2D eigenvalue weighted by molar-refractivity contribution is -0.139. The first kappa shape index (κ1) is 28.0. The Balaban J connectivity index is -0.0000000986. The zero-order valence-electron chi connectivity index (χ0n) is 12.3. The Morgan fingerprint density at radius 3 is 0.818 bits per heavy atom. The lowest BCUT2D eigenvalue weighted by atomic mass is 10.4. The van der Waals surface area contributed by atoms with Gasteiger partial charge in [-0.25, -0.2) is 0 Å². The van der Waals surface area contributed by atoms with E-state index in [9.17, 15) is 19.2 Å². The van der Waals surface area contributed by atoms with Crippen molar-refractivity contribution in [2.75, 3.05) is 13.1 Å². The molecule has 0 unspecified atom stereocenters. The quantitative estimate of drug-likeness (QED) is 0.255. The fourth-order valence-corrected chi connectivity index (χ4v) is 0. The van der Waals surface area contributed by atoms with Crippen molar-refractivity contribution in [1.29, 1.82) is 0 Å². The van der Waals surface area contributed by atoms with Crippen molar-refractivity contribution in [3.8, 4) is 0 Å². The molecule has 0 radical (unpaired) electrons. The Labute approximate surface area is 126 Å². The maximum Gasteiger partial charge on any atom is 0.320 e. The number of nitrogens with two attached hydrogens (primary N) is 4. The molecular weight excluding hydrogens is 304 g/mol. The maximum absolute atomic E-state index is 9.57. The Morgan fingerprint density at radius 2 is 0.818 bits per heavy atom. The van der Waals surface area contributed by atoms with Crippen LogP contribution in [-0.4, -0.2) is 69.5 Å². The topological polar surface area (TPSA) is 253 Å². The summed E-state index contributed by atoms with van der Waals surface area (Å²) in [6, 6.07) is -1.46. The van der Waals surface area contributed by atoms with Crippen LogP contribution < -0.4 is 22.9 Å². The molecule has 0 aliphatic heterocycles. The molecule has 0 aromatic carbocycles. The Bertz CT molecular complexity index is 301. The Kier molecular flexibility index (Phi) is 23.8. The summed E-state index contributed by atoms with van der Waals surface area (Å²) in [5, 5.41) is 30.9. The summed E-state index contributed by atoms with van der Waals surface area (Å²) in [6.07, 6.45) is 0. The molecular formula is C10H24N4O8. The van der Waals surface area contributed by atoms with E-state index in [4.69, 9.17) is 31.9 Å². The van der Waals surface area contributed by atoms with E-state index < -0.39 is 36.0 Å². The van der Waals surface area contributed by atoms with Crippen LogP contribution in [0.1, 0.15) is 13.8 Å². The van der Waals surface area contributed by atoms with Gasteiger partial charge in [0.05, 0.1) is 13.1 Å². The fourth-order valence-electron chi connectivity index (χ4n) is 0. The largest absolute Gasteiger partial charge is 0.480 e. The van der Waals surface area contributed by atoms with Gasteiger partial charge in [-0.2, -0.15) is 0 Å². The second-order valence-corrected chi connectivity index (χ2v) is 3.45. The van der Waals surface area contributed by atoms with E-state index in [0.717, 1.165) is 0 Å². The van der Waals surface area contributed by atoms with Gasteiger partial charge in [0.2, 0.25) is 0 Å². The van der Waals surface area contributed by atoms with Crippen LogP contribution in [0.5, 0.6) is 0 Å². The molecule has 0 aliphatic rings. The van der Waals surface area contributed by atoms with Crippen molar-refractivity contribution < 1.29 is 39.6 Å². The number of hydrogen-bond acceptors (Lipinski definition) is 8. The minimum atomic E-state index is -0.968. The van der Waals surface area contributed by atoms with Crippen LogP contribution >= 0.6 is 0 Å². The highest BCUT2D eigenvalue weighted by Gasteiger charge is 2.00. The first-order valence-electron chi connectivity index (χ1n) is 5.63. The van der Waals surface area contributed by atoms with Gasteiger partial charge in [0.25, 0.3) is 0 Å². The smallest absolute Gasteiger partial charge is 0.320 e. The molecule has 2 atom stereocenters. The van der Waals surface area contributed by atoms with Gasteiger partial charge in [0.1, 0.15) is 12.1 Å². The summed E-state index contributed by atoms with van der Waals surface area (Å²) in [5.74, 6) is -3.86. The van der Waals surface area contributed by atoms with Crippen molar-refractivity contribution >= 4 is 23.9 Å². The molecule has 0 saturated heterocycles. The van der Waals surface area contributed by atoms with Crippen LogP contribution in [-0.2, 0) is 19.2 Å². The molecule has 0 rings (SSSR count). The molecule has 12 nitrogen and oxygen atoms in total. The van der Waals surface area contributed by atoms with Crippen molar-refractivity contribution in [3.63, 3.8) is 0 Å². The molecule has 0 saturated carbocycles. The van der Waals surface area contributed by atoms with Gasteiger partial charge in [0, 0.05) is 0 Å². The average molecular weight is 328 g/mol. The van der Waals surface area contributed by atoms with E-state index in [1.807, 2.05) is 0 Å². The molecule has 0 fully saturated rings.